The Labute approximate surface area is 116 Å². The number of amides is 2. The van der Waals surface area contributed by atoms with Crippen molar-refractivity contribution in [2.75, 3.05) is 7.11 Å². The molecule has 106 valence electrons. The molecule has 0 saturated heterocycles. The molecular formula is C13H16N4O3. The zero-order valence-electron chi connectivity index (χ0n) is 11.3. The van der Waals surface area contributed by atoms with Crippen LogP contribution in [0.25, 0.3) is 0 Å². The number of urea groups is 1. The number of primary amides is 1. The topological polar surface area (TPSA) is 106 Å². The zero-order chi connectivity index (χ0) is 15.0. The van der Waals surface area contributed by atoms with Crippen LogP contribution in [0.3, 0.4) is 0 Å². The van der Waals surface area contributed by atoms with Crippen LogP contribution >= 0.6 is 0 Å². The number of benzene rings is 1. The van der Waals surface area contributed by atoms with Gasteiger partial charge in [-0.05, 0) is 12.5 Å². The Hall–Kier alpha value is -2.70. The first-order valence-corrected chi connectivity index (χ1v) is 5.81. The van der Waals surface area contributed by atoms with Crippen LogP contribution in [0.2, 0.25) is 0 Å². The van der Waals surface area contributed by atoms with Gasteiger partial charge in [-0.1, -0.05) is 30.3 Å². The second-order valence-corrected chi connectivity index (χ2v) is 3.82. The number of nitrogens with one attached hydrogen (secondary N) is 1. The molecule has 7 nitrogen and oxygen atoms in total. The molecule has 0 aliphatic carbocycles. The first-order chi connectivity index (χ1) is 9.54. The lowest BCUT2D eigenvalue weighted by atomic mass is 10.2. The van der Waals surface area contributed by atoms with E-state index in [2.05, 4.69) is 14.8 Å². The second-order valence-electron chi connectivity index (χ2n) is 3.82. The summed E-state index contributed by atoms with van der Waals surface area (Å²) in [5.41, 5.74) is 8.12. The SMILES string of the molecule is COC(=O)C(=NCc1ccccc1)/C(C)=N/NC(N)=O. The van der Waals surface area contributed by atoms with Crippen LogP contribution in [-0.2, 0) is 16.1 Å². The molecule has 0 saturated carbocycles. The van der Waals surface area contributed by atoms with Gasteiger partial charge in [0.15, 0.2) is 5.71 Å². The number of aliphatic imine (C=N–C) groups is 1. The number of nitrogens with zero attached hydrogens (tertiary/aromatic N) is 2. The summed E-state index contributed by atoms with van der Waals surface area (Å²) in [6.45, 7) is 1.82. The number of hydrogen-bond donors (Lipinski definition) is 2. The first kappa shape index (κ1) is 15.4. The van der Waals surface area contributed by atoms with Gasteiger partial charge in [0.25, 0.3) is 0 Å². The number of esters is 1. The molecular weight excluding hydrogens is 260 g/mol. The van der Waals surface area contributed by atoms with Gasteiger partial charge < -0.3 is 10.5 Å². The third-order valence-electron chi connectivity index (χ3n) is 2.32. The molecule has 2 amide bonds. The minimum atomic E-state index is -0.823. The fraction of sp³-hybridized carbons (Fsp3) is 0.231. The minimum absolute atomic E-state index is 0.0325. The van der Waals surface area contributed by atoms with Crippen LogP contribution in [0.15, 0.2) is 40.4 Å². The molecule has 3 N–H and O–H groups in total. The van der Waals surface area contributed by atoms with Gasteiger partial charge in [0.2, 0.25) is 0 Å². The summed E-state index contributed by atoms with van der Waals surface area (Å²) < 4.78 is 4.63. The van der Waals surface area contributed by atoms with Crippen molar-refractivity contribution in [3.05, 3.63) is 35.9 Å². The predicted octanol–water partition coefficient (Wildman–Crippen LogP) is 0.845. The summed E-state index contributed by atoms with van der Waals surface area (Å²) >= 11 is 0. The zero-order valence-corrected chi connectivity index (χ0v) is 11.3. The number of hydrazone groups is 1. The molecule has 1 aromatic carbocycles. The summed E-state index contributed by atoms with van der Waals surface area (Å²) in [6.07, 6.45) is 0. The Morgan fingerprint density at radius 2 is 1.95 bits per heavy atom. The molecule has 0 radical (unpaired) electrons. The van der Waals surface area contributed by atoms with E-state index in [0.717, 1.165) is 5.56 Å². The van der Waals surface area contributed by atoms with E-state index in [4.69, 9.17) is 5.73 Å². The van der Waals surface area contributed by atoms with Crippen LogP contribution in [0, 0.1) is 0 Å². The molecule has 0 fully saturated rings. The van der Waals surface area contributed by atoms with Crippen molar-refractivity contribution in [1.82, 2.24) is 5.43 Å². The van der Waals surface area contributed by atoms with Crippen LogP contribution in [-0.4, -0.2) is 30.5 Å². The third-order valence-corrected chi connectivity index (χ3v) is 2.32. The molecule has 0 unspecified atom stereocenters. The normalized spacial score (nSPS) is 11.9. The molecule has 0 atom stereocenters. The first-order valence-electron chi connectivity index (χ1n) is 5.81. The summed E-state index contributed by atoms with van der Waals surface area (Å²) in [5.74, 6) is -0.631. The molecule has 1 rings (SSSR count). The molecule has 0 spiro atoms. The fourth-order valence-electron chi connectivity index (χ4n) is 1.37. The maximum atomic E-state index is 11.6. The average molecular weight is 276 g/mol. The van der Waals surface area contributed by atoms with Crippen molar-refractivity contribution >= 4 is 23.4 Å². The molecule has 0 aromatic heterocycles. The van der Waals surface area contributed by atoms with E-state index < -0.39 is 12.0 Å². The maximum absolute atomic E-state index is 11.6. The molecule has 1 aromatic rings. The average Bonchev–Trinajstić information content (AvgIpc) is 2.46. The predicted molar refractivity (Wildman–Crippen MR) is 75.4 cm³/mol. The van der Waals surface area contributed by atoms with Gasteiger partial charge in [-0.25, -0.2) is 15.0 Å². The molecule has 20 heavy (non-hydrogen) atoms. The van der Waals surface area contributed by atoms with E-state index in [1.54, 1.807) is 0 Å². The molecule has 0 bridgehead atoms. The second kappa shape index (κ2) is 7.67. The number of carbonyl (C=O) groups excluding carboxylic acids is 2. The Balaban J connectivity index is 2.91. The van der Waals surface area contributed by atoms with E-state index in [1.165, 1.54) is 14.0 Å². The Morgan fingerprint density at radius 3 is 2.50 bits per heavy atom. The van der Waals surface area contributed by atoms with Gasteiger partial charge in [0.05, 0.1) is 19.4 Å². The molecule has 0 aliphatic heterocycles. The van der Waals surface area contributed by atoms with Gasteiger partial charge in [0, 0.05) is 0 Å². The van der Waals surface area contributed by atoms with Gasteiger partial charge >= 0.3 is 12.0 Å². The quantitative estimate of drug-likeness (QED) is 0.473. The number of ether oxygens (including phenoxy) is 1. The number of carbonyl (C=O) groups is 2. The maximum Gasteiger partial charge on any atom is 0.358 e. The number of rotatable bonds is 5. The van der Waals surface area contributed by atoms with Crippen molar-refractivity contribution < 1.29 is 14.3 Å². The van der Waals surface area contributed by atoms with E-state index in [9.17, 15) is 9.59 Å². The molecule has 0 heterocycles. The van der Waals surface area contributed by atoms with Crippen LogP contribution in [0.1, 0.15) is 12.5 Å². The standard InChI is InChI=1S/C13H16N4O3/c1-9(16-17-13(14)19)11(12(18)20-2)15-8-10-6-4-3-5-7-10/h3-7H,8H2,1-2H3,(H3,14,17,19)/b15-11?,16-9+. The van der Waals surface area contributed by atoms with Gasteiger partial charge in [-0.3, -0.25) is 4.99 Å². The summed E-state index contributed by atoms with van der Waals surface area (Å²) in [4.78, 5) is 26.4. The summed E-state index contributed by atoms with van der Waals surface area (Å²) in [7, 11) is 1.25. The highest BCUT2D eigenvalue weighted by Gasteiger charge is 2.15. The largest absolute Gasteiger partial charge is 0.464 e. The van der Waals surface area contributed by atoms with E-state index in [1.807, 2.05) is 35.8 Å². The highest BCUT2D eigenvalue weighted by atomic mass is 16.5. The highest BCUT2D eigenvalue weighted by Crippen LogP contribution is 2.01. The Bertz CT molecular complexity index is 538. The van der Waals surface area contributed by atoms with Crippen molar-refractivity contribution in [2.24, 2.45) is 15.8 Å². The fourth-order valence-corrected chi connectivity index (χ4v) is 1.37. The third kappa shape index (κ3) is 4.89. The monoisotopic (exact) mass is 276 g/mol. The number of methoxy groups -OCH3 is 1. The van der Waals surface area contributed by atoms with E-state index in [0.29, 0.717) is 6.54 Å². The lowest BCUT2D eigenvalue weighted by Gasteiger charge is -2.04. The van der Waals surface area contributed by atoms with Crippen molar-refractivity contribution in [1.29, 1.82) is 0 Å². The Kier molecular flexibility index (Phi) is 5.89. The summed E-state index contributed by atoms with van der Waals surface area (Å²) in [5, 5.41) is 3.67. The summed E-state index contributed by atoms with van der Waals surface area (Å²) in [6, 6.07) is 8.57. The van der Waals surface area contributed by atoms with Gasteiger partial charge in [-0.15, -0.1) is 0 Å². The van der Waals surface area contributed by atoms with Crippen molar-refractivity contribution in [3.63, 3.8) is 0 Å². The van der Waals surface area contributed by atoms with Crippen molar-refractivity contribution in [3.8, 4) is 0 Å². The van der Waals surface area contributed by atoms with E-state index >= 15 is 0 Å². The lowest BCUT2D eigenvalue weighted by Crippen LogP contribution is -2.30. The minimum Gasteiger partial charge on any atom is -0.464 e. The number of nitrogens with two attached hydrogens (primary N) is 1. The molecule has 7 heteroatoms. The van der Waals surface area contributed by atoms with Crippen LogP contribution < -0.4 is 11.2 Å². The molecule has 0 aliphatic rings. The Morgan fingerprint density at radius 1 is 1.30 bits per heavy atom. The van der Waals surface area contributed by atoms with Crippen LogP contribution in [0.4, 0.5) is 4.79 Å². The van der Waals surface area contributed by atoms with Crippen molar-refractivity contribution in [2.45, 2.75) is 13.5 Å². The lowest BCUT2D eigenvalue weighted by molar-refractivity contribution is -0.132. The smallest absolute Gasteiger partial charge is 0.358 e. The number of hydrogen-bond acceptors (Lipinski definition) is 5. The van der Waals surface area contributed by atoms with Crippen LogP contribution in [0.5, 0.6) is 0 Å². The van der Waals surface area contributed by atoms with Gasteiger partial charge in [-0.2, -0.15) is 5.10 Å². The van der Waals surface area contributed by atoms with E-state index in [-0.39, 0.29) is 11.4 Å². The highest BCUT2D eigenvalue weighted by molar-refractivity contribution is 6.65. The van der Waals surface area contributed by atoms with Gasteiger partial charge in [0.1, 0.15) is 0 Å².